The molecule has 29 heavy (non-hydrogen) atoms. The van der Waals surface area contributed by atoms with Crippen molar-refractivity contribution in [3.8, 4) is 0 Å². The lowest BCUT2D eigenvalue weighted by molar-refractivity contribution is -0.192. The molecule has 2 heterocycles. The van der Waals surface area contributed by atoms with Crippen LogP contribution < -0.4 is 0 Å². The average molecular weight is 422 g/mol. The summed E-state index contributed by atoms with van der Waals surface area (Å²) in [7, 11) is 1.69. The zero-order chi connectivity index (χ0) is 21.7. The number of halogens is 4. The normalized spacial score (nSPS) is 24.2. The summed E-state index contributed by atoms with van der Waals surface area (Å²) in [5.74, 6) is -3.24. The summed E-state index contributed by atoms with van der Waals surface area (Å²) in [6.07, 6.45) is -0.683. The van der Waals surface area contributed by atoms with E-state index in [9.17, 15) is 22.4 Å². The molecule has 3 rings (SSSR count). The Labute approximate surface area is 164 Å². The smallest absolute Gasteiger partial charge is 0.475 e. The average Bonchev–Trinajstić information content (AvgIpc) is 3.02. The van der Waals surface area contributed by atoms with Crippen LogP contribution in [0.1, 0.15) is 29.6 Å². The quantitative estimate of drug-likeness (QED) is 0.595. The van der Waals surface area contributed by atoms with Crippen LogP contribution in [-0.4, -0.2) is 72.1 Å². The minimum Gasteiger partial charge on any atom is -0.475 e. The van der Waals surface area contributed by atoms with Crippen molar-refractivity contribution in [1.82, 2.24) is 9.88 Å². The van der Waals surface area contributed by atoms with Crippen molar-refractivity contribution in [2.45, 2.75) is 31.0 Å². The van der Waals surface area contributed by atoms with Crippen LogP contribution in [-0.2, 0) is 14.3 Å². The standard InChI is InChI=1S/C16H21FN2O3.C2HF3O2/c1-21-10-13-3-2-5-16(13)11-19(7-8-22-16)15(20)12-4-6-18-14(17)9-12;3-2(4,5)1(6)7/h4,6,9,13H,2-3,5,7-8,10-11H2,1H3;(H,6,7)/t13-,16-;/m1./s1. The first-order valence-electron chi connectivity index (χ1n) is 8.93. The number of carboxylic acids is 1. The molecule has 162 valence electrons. The number of carboxylic acid groups (broad SMARTS) is 1. The van der Waals surface area contributed by atoms with Crippen molar-refractivity contribution in [2.75, 3.05) is 33.4 Å². The Balaban J connectivity index is 0.000000370. The van der Waals surface area contributed by atoms with Gasteiger partial charge in [-0.3, -0.25) is 4.79 Å². The molecule has 1 saturated heterocycles. The highest BCUT2D eigenvalue weighted by molar-refractivity contribution is 5.94. The van der Waals surface area contributed by atoms with E-state index < -0.39 is 18.1 Å². The number of hydrogen-bond acceptors (Lipinski definition) is 5. The first-order valence-corrected chi connectivity index (χ1v) is 8.93. The largest absolute Gasteiger partial charge is 0.490 e. The van der Waals surface area contributed by atoms with Gasteiger partial charge in [0.2, 0.25) is 5.95 Å². The van der Waals surface area contributed by atoms with E-state index >= 15 is 0 Å². The van der Waals surface area contributed by atoms with Crippen LogP contribution in [0.25, 0.3) is 0 Å². The van der Waals surface area contributed by atoms with Gasteiger partial charge in [0.05, 0.1) is 25.4 Å². The lowest BCUT2D eigenvalue weighted by atomic mass is 9.89. The molecule has 0 aromatic carbocycles. The maximum Gasteiger partial charge on any atom is 0.490 e. The third kappa shape index (κ3) is 5.86. The van der Waals surface area contributed by atoms with Crippen LogP contribution in [0.4, 0.5) is 17.6 Å². The van der Waals surface area contributed by atoms with Gasteiger partial charge in [-0.05, 0) is 18.9 Å². The summed E-state index contributed by atoms with van der Waals surface area (Å²) >= 11 is 0. The van der Waals surface area contributed by atoms with Gasteiger partial charge in [0.25, 0.3) is 5.91 Å². The molecule has 2 aliphatic rings. The summed E-state index contributed by atoms with van der Waals surface area (Å²) in [5, 5.41) is 7.12. The summed E-state index contributed by atoms with van der Waals surface area (Å²) in [5.41, 5.74) is 0.0287. The lowest BCUT2D eigenvalue weighted by Crippen LogP contribution is -2.56. The monoisotopic (exact) mass is 422 g/mol. The molecular weight excluding hydrogens is 400 g/mol. The van der Waals surface area contributed by atoms with E-state index in [1.807, 2.05) is 0 Å². The molecular formula is C18H22F4N2O5. The third-order valence-electron chi connectivity index (χ3n) is 4.98. The van der Waals surface area contributed by atoms with Gasteiger partial charge in [0, 0.05) is 37.4 Å². The van der Waals surface area contributed by atoms with Gasteiger partial charge in [-0.25, -0.2) is 9.78 Å². The first kappa shape index (κ1) is 23.0. The second-order valence-electron chi connectivity index (χ2n) is 6.85. The molecule has 7 nitrogen and oxygen atoms in total. The van der Waals surface area contributed by atoms with Crippen LogP contribution in [0.3, 0.4) is 0 Å². The minimum absolute atomic E-state index is 0.160. The number of methoxy groups -OCH3 is 1. The van der Waals surface area contributed by atoms with Gasteiger partial charge in [-0.1, -0.05) is 6.42 Å². The maximum atomic E-state index is 13.2. The SMILES string of the molecule is COC[C@H]1CCC[C@@]12CN(C(=O)c1ccnc(F)c1)CCO2.O=C(O)C(F)(F)F. The predicted molar refractivity (Wildman–Crippen MR) is 91.7 cm³/mol. The molecule has 0 radical (unpaired) electrons. The second kappa shape index (κ2) is 9.49. The van der Waals surface area contributed by atoms with Gasteiger partial charge < -0.3 is 19.5 Å². The van der Waals surface area contributed by atoms with Crippen molar-refractivity contribution >= 4 is 11.9 Å². The number of nitrogens with zero attached hydrogens (tertiary/aromatic N) is 2. The van der Waals surface area contributed by atoms with Gasteiger partial charge in [-0.15, -0.1) is 0 Å². The minimum atomic E-state index is -5.08. The topological polar surface area (TPSA) is 89.0 Å². The number of pyridine rings is 1. The highest BCUT2D eigenvalue weighted by Gasteiger charge is 2.47. The third-order valence-corrected chi connectivity index (χ3v) is 4.98. The molecule has 1 aliphatic heterocycles. The number of aliphatic carboxylic acids is 1. The van der Waals surface area contributed by atoms with E-state index in [0.29, 0.717) is 37.8 Å². The molecule has 2 fully saturated rings. The van der Waals surface area contributed by atoms with Crippen molar-refractivity contribution in [1.29, 1.82) is 0 Å². The summed E-state index contributed by atoms with van der Waals surface area (Å²) in [6.45, 7) is 2.24. The number of alkyl halides is 3. The predicted octanol–water partition coefficient (Wildman–Crippen LogP) is 2.51. The van der Waals surface area contributed by atoms with E-state index in [1.54, 1.807) is 18.1 Å². The number of amides is 1. The van der Waals surface area contributed by atoms with Crippen molar-refractivity contribution in [2.24, 2.45) is 5.92 Å². The molecule has 11 heteroatoms. The number of hydrogen-bond donors (Lipinski definition) is 1. The van der Waals surface area contributed by atoms with Gasteiger partial charge in [0.1, 0.15) is 0 Å². The zero-order valence-corrected chi connectivity index (χ0v) is 15.7. The molecule has 1 N–H and O–H groups in total. The molecule has 1 aromatic rings. The maximum absolute atomic E-state index is 13.2. The molecule has 1 aliphatic carbocycles. The summed E-state index contributed by atoms with van der Waals surface area (Å²) < 4.78 is 56.3. The Morgan fingerprint density at radius 3 is 2.72 bits per heavy atom. The van der Waals surface area contributed by atoms with Crippen LogP contribution >= 0.6 is 0 Å². The highest BCUT2D eigenvalue weighted by atomic mass is 19.4. The van der Waals surface area contributed by atoms with Gasteiger partial charge >= 0.3 is 12.1 Å². The molecule has 0 bridgehead atoms. The number of aromatic nitrogens is 1. The van der Waals surface area contributed by atoms with E-state index in [-0.39, 0.29) is 11.5 Å². The molecule has 0 unspecified atom stereocenters. The van der Waals surface area contributed by atoms with Crippen LogP contribution in [0.2, 0.25) is 0 Å². The Hall–Kier alpha value is -2.27. The molecule has 1 saturated carbocycles. The van der Waals surface area contributed by atoms with E-state index in [0.717, 1.165) is 19.3 Å². The Morgan fingerprint density at radius 2 is 2.14 bits per heavy atom. The second-order valence-corrected chi connectivity index (χ2v) is 6.85. The first-order chi connectivity index (χ1) is 13.6. The van der Waals surface area contributed by atoms with E-state index in [1.165, 1.54) is 12.3 Å². The summed E-state index contributed by atoms with van der Waals surface area (Å²) in [6, 6.07) is 2.74. The Kier molecular flexibility index (Phi) is 7.53. The summed E-state index contributed by atoms with van der Waals surface area (Å²) in [4.78, 5) is 26.8. The molecule has 2 atom stereocenters. The zero-order valence-electron chi connectivity index (χ0n) is 15.7. The fourth-order valence-corrected chi connectivity index (χ4v) is 3.65. The van der Waals surface area contributed by atoms with Crippen LogP contribution in [0.15, 0.2) is 18.3 Å². The number of morpholine rings is 1. The van der Waals surface area contributed by atoms with Gasteiger partial charge in [0.15, 0.2) is 0 Å². The fraction of sp³-hybridized carbons (Fsp3) is 0.611. The van der Waals surface area contributed by atoms with E-state index in [2.05, 4.69) is 4.98 Å². The number of rotatable bonds is 3. The van der Waals surface area contributed by atoms with Crippen LogP contribution in [0.5, 0.6) is 0 Å². The lowest BCUT2D eigenvalue weighted by Gasteiger charge is -2.44. The van der Waals surface area contributed by atoms with E-state index in [4.69, 9.17) is 19.4 Å². The van der Waals surface area contributed by atoms with Crippen molar-refractivity contribution in [3.05, 3.63) is 29.8 Å². The van der Waals surface area contributed by atoms with Gasteiger partial charge in [-0.2, -0.15) is 17.6 Å². The Morgan fingerprint density at radius 1 is 1.45 bits per heavy atom. The number of carbonyl (C=O) groups excluding carboxylic acids is 1. The molecule has 1 aromatic heterocycles. The molecule has 1 spiro atoms. The number of ether oxygens (including phenoxy) is 2. The number of carbonyl (C=O) groups is 2. The molecule has 1 amide bonds. The van der Waals surface area contributed by atoms with Crippen molar-refractivity contribution in [3.63, 3.8) is 0 Å². The van der Waals surface area contributed by atoms with Crippen molar-refractivity contribution < 1.29 is 41.7 Å². The van der Waals surface area contributed by atoms with Crippen LogP contribution in [0, 0.1) is 11.9 Å². The Bertz CT molecular complexity index is 730. The fourth-order valence-electron chi connectivity index (χ4n) is 3.65. The highest BCUT2D eigenvalue weighted by Crippen LogP contribution is 2.41.